The molecule has 1 aromatic carbocycles. The molecule has 5 nitrogen and oxygen atoms in total. The molecule has 0 N–H and O–H groups in total. The molecule has 1 rings (SSSR count). The molecule has 0 saturated heterocycles. The van der Waals surface area contributed by atoms with Gasteiger partial charge in [-0.2, -0.15) is 0 Å². The monoisotopic (exact) mass is 295 g/mol. The number of hydrogen-bond acceptors (Lipinski definition) is 4. The lowest BCUT2D eigenvalue weighted by molar-refractivity contribution is -0.134. The summed E-state index contributed by atoms with van der Waals surface area (Å²) in [5.74, 6) is -0.627. The molecule has 0 atom stereocenters. The number of nitrogens with zero attached hydrogens (tertiary/aromatic N) is 1. The van der Waals surface area contributed by atoms with Crippen LogP contribution in [0.3, 0.4) is 0 Å². The Morgan fingerprint density at radius 2 is 1.95 bits per heavy atom. The topological polar surface area (TPSA) is 63.7 Å². The smallest absolute Gasteiger partial charge is 0.331 e. The van der Waals surface area contributed by atoms with Gasteiger partial charge in [0, 0.05) is 12.3 Å². The van der Waals surface area contributed by atoms with Gasteiger partial charge in [-0.1, -0.05) is 23.8 Å². The second kappa shape index (κ2) is 6.91. The fourth-order valence-electron chi connectivity index (χ4n) is 1.42. The molecule has 6 heteroatoms. The van der Waals surface area contributed by atoms with E-state index in [0.717, 1.165) is 15.9 Å². The highest BCUT2D eigenvalue weighted by Crippen LogP contribution is 2.16. The van der Waals surface area contributed by atoms with E-state index in [9.17, 15) is 13.2 Å². The zero-order valence-corrected chi connectivity index (χ0v) is 12.3. The minimum absolute atomic E-state index is 0.0592. The first-order valence-corrected chi connectivity index (χ1v) is 7.31. The molecule has 108 valence electrons. The lowest BCUT2D eigenvalue weighted by atomic mass is 10.2. The lowest BCUT2D eigenvalue weighted by Crippen LogP contribution is -2.26. The molecule has 0 amide bonds. The normalized spacial score (nSPS) is 11.3. The van der Waals surface area contributed by atoms with E-state index in [2.05, 4.69) is 11.3 Å². The van der Waals surface area contributed by atoms with E-state index in [1.165, 1.54) is 31.5 Å². The molecule has 0 heterocycles. The van der Waals surface area contributed by atoms with Crippen molar-refractivity contribution in [2.75, 3.05) is 13.7 Å². The van der Waals surface area contributed by atoms with Crippen LogP contribution in [0.15, 0.2) is 54.1 Å². The van der Waals surface area contributed by atoms with Gasteiger partial charge in [-0.15, -0.1) is 6.58 Å². The summed E-state index contributed by atoms with van der Waals surface area (Å²) in [4.78, 5) is 11.2. The van der Waals surface area contributed by atoms with Gasteiger partial charge in [0.2, 0.25) is 0 Å². The summed E-state index contributed by atoms with van der Waals surface area (Å²) in [7, 11) is -2.50. The SMILES string of the molecule is C=CCN(/C=C\C(=O)OC)S(=O)(=O)c1ccc(C)cc1. The van der Waals surface area contributed by atoms with E-state index >= 15 is 0 Å². The molecule has 1 aromatic rings. The second-order valence-corrected chi connectivity index (χ2v) is 5.91. The summed E-state index contributed by atoms with van der Waals surface area (Å²) in [6, 6.07) is 6.46. The average molecular weight is 295 g/mol. The predicted molar refractivity (Wildman–Crippen MR) is 76.4 cm³/mol. The summed E-state index contributed by atoms with van der Waals surface area (Å²) in [5, 5.41) is 0. The third-order valence-electron chi connectivity index (χ3n) is 2.51. The molecule has 0 aliphatic rings. The molecule has 0 aromatic heterocycles. The fourth-order valence-corrected chi connectivity index (χ4v) is 2.70. The molecule has 0 bridgehead atoms. The number of aryl methyl sites for hydroxylation is 1. The molecule has 0 spiro atoms. The van der Waals surface area contributed by atoms with Gasteiger partial charge < -0.3 is 4.74 Å². The summed E-state index contributed by atoms with van der Waals surface area (Å²) in [5.41, 5.74) is 0.962. The first-order chi connectivity index (χ1) is 9.41. The first-order valence-electron chi connectivity index (χ1n) is 5.87. The Bertz CT molecular complexity index is 603. The number of rotatable bonds is 6. The molecular weight excluding hydrogens is 278 g/mol. The van der Waals surface area contributed by atoms with Crippen molar-refractivity contribution in [3.63, 3.8) is 0 Å². The molecule has 0 unspecified atom stereocenters. The molecule has 0 fully saturated rings. The van der Waals surface area contributed by atoms with Gasteiger partial charge in [-0.25, -0.2) is 13.2 Å². The number of hydrogen-bond donors (Lipinski definition) is 0. The number of sulfonamides is 1. The van der Waals surface area contributed by atoms with Crippen LogP contribution < -0.4 is 0 Å². The molecule has 0 aliphatic carbocycles. The Hall–Kier alpha value is -2.08. The van der Waals surface area contributed by atoms with E-state index in [0.29, 0.717) is 0 Å². The number of methoxy groups -OCH3 is 1. The molecular formula is C14H17NO4S. The Morgan fingerprint density at radius 1 is 1.35 bits per heavy atom. The van der Waals surface area contributed by atoms with Gasteiger partial charge in [0.05, 0.1) is 18.6 Å². The summed E-state index contributed by atoms with van der Waals surface area (Å²) >= 11 is 0. The summed E-state index contributed by atoms with van der Waals surface area (Å²) in [6.07, 6.45) is 3.66. The number of benzene rings is 1. The van der Waals surface area contributed by atoms with Crippen molar-refractivity contribution in [1.29, 1.82) is 0 Å². The van der Waals surface area contributed by atoms with E-state index in [1.807, 2.05) is 6.92 Å². The highest BCUT2D eigenvalue weighted by Gasteiger charge is 2.20. The number of carbonyl (C=O) groups excluding carboxylic acids is 1. The van der Waals surface area contributed by atoms with Gasteiger partial charge in [-0.05, 0) is 19.1 Å². The Kier molecular flexibility index (Phi) is 5.52. The van der Waals surface area contributed by atoms with Crippen molar-refractivity contribution < 1.29 is 17.9 Å². The predicted octanol–water partition coefficient (Wildman–Crippen LogP) is 1.86. The maximum atomic E-state index is 12.4. The molecule has 0 saturated carbocycles. The third kappa shape index (κ3) is 3.96. The maximum Gasteiger partial charge on any atom is 0.331 e. The van der Waals surface area contributed by atoms with E-state index in [1.54, 1.807) is 12.1 Å². The van der Waals surface area contributed by atoms with E-state index in [4.69, 9.17) is 0 Å². The minimum Gasteiger partial charge on any atom is -0.466 e. The molecule has 0 aliphatic heterocycles. The minimum atomic E-state index is -3.72. The van der Waals surface area contributed by atoms with Crippen LogP contribution in [0.25, 0.3) is 0 Å². The Balaban J connectivity index is 3.12. The van der Waals surface area contributed by atoms with Crippen molar-refractivity contribution in [3.8, 4) is 0 Å². The zero-order valence-electron chi connectivity index (χ0n) is 11.4. The maximum absolute atomic E-state index is 12.4. The third-order valence-corrected chi connectivity index (χ3v) is 4.27. The van der Waals surface area contributed by atoms with Gasteiger partial charge in [0.1, 0.15) is 0 Å². The van der Waals surface area contributed by atoms with Gasteiger partial charge in [0.25, 0.3) is 10.0 Å². The van der Waals surface area contributed by atoms with Crippen LogP contribution in [-0.4, -0.2) is 32.3 Å². The van der Waals surface area contributed by atoms with E-state index in [-0.39, 0.29) is 11.4 Å². The number of esters is 1. The van der Waals surface area contributed by atoms with Gasteiger partial charge in [0.15, 0.2) is 0 Å². The van der Waals surface area contributed by atoms with Crippen LogP contribution in [0, 0.1) is 6.92 Å². The van der Waals surface area contributed by atoms with Gasteiger partial charge >= 0.3 is 5.97 Å². The highest BCUT2D eigenvalue weighted by atomic mass is 32.2. The van der Waals surface area contributed by atoms with Crippen LogP contribution >= 0.6 is 0 Å². The van der Waals surface area contributed by atoms with Crippen LogP contribution in [0.5, 0.6) is 0 Å². The Labute approximate surface area is 119 Å². The van der Waals surface area contributed by atoms with Crippen molar-refractivity contribution >= 4 is 16.0 Å². The van der Waals surface area contributed by atoms with Crippen molar-refractivity contribution in [3.05, 3.63) is 54.8 Å². The van der Waals surface area contributed by atoms with E-state index < -0.39 is 16.0 Å². The zero-order chi connectivity index (χ0) is 15.2. The standard InChI is InChI=1S/C14H17NO4S/c1-4-10-15(11-9-14(16)19-3)20(17,18)13-7-5-12(2)6-8-13/h4-9,11H,1,10H2,2-3H3/b11-9-. The summed E-state index contributed by atoms with van der Waals surface area (Å²) in [6.45, 7) is 5.44. The lowest BCUT2D eigenvalue weighted by Gasteiger charge is -2.18. The van der Waals surface area contributed by atoms with Crippen LogP contribution in [0.2, 0.25) is 0 Å². The second-order valence-electron chi connectivity index (χ2n) is 4.02. The van der Waals surface area contributed by atoms with Crippen molar-refractivity contribution in [1.82, 2.24) is 4.31 Å². The van der Waals surface area contributed by atoms with Crippen LogP contribution in [0.1, 0.15) is 5.56 Å². The Morgan fingerprint density at radius 3 is 2.45 bits per heavy atom. The van der Waals surface area contributed by atoms with Crippen LogP contribution in [0.4, 0.5) is 0 Å². The first kappa shape index (κ1) is 16.0. The van der Waals surface area contributed by atoms with Crippen LogP contribution in [-0.2, 0) is 19.6 Å². The average Bonchev–Trinajstić information content (AvgIpc) is 2.43. The number of carbonyl (C=O) groups is 1. The molecule has 20 heavy (non-hydrogen) atoms. The summed E-state index contributed by atoms with van der Waals surface area (Å²) < 4.78 is 30.3. The highest BCUT2D eigenvalue weighted by molar-refractivity contribution is 7.89. The quantitative estimate of drug-likeness (QED) is 0.456. The van der Waals surface area contributed by atoms with Crippen molar-refractivity contribution in [2.45, 2.75) is 11.8 Å². The number of ether oxygens (including phenoxy) is 1. The largest absolute Gasteiger partial charge is 0.466 e. The molecule has 0 radical (unpaired) electrons. The van der Waals surface area contributed by atoms with Crippen molar-refractivity contribution in [2.24, 2.45) is 0 Å². The fraction of sp³-hybridized carbons (Fsp3) is 0.214. The van der Waals surface area contributed by atoms with Gasteiger partial charge in [-0.3, -0.25) is 4.31 Å².